The lowest BCUT2D eigenvalue weighted by Crippen LogP contribution is -2.47. The second-order valence-corrected chi connectivity index (χ2v) is 4.97. The molecule has 0 bridgehead atoms. The molecule has 6 heteroatoms. The number of thiazole rings is 1. The molecule has 1 atom stereocenters. The summed E-state index contributed by atoms with van der Waals surface area (Å²) >= 11 is 1.59. The monoisotopic (exact) mass is 241 g/mol. The van der Waals surface area contributed by atoms with Gasteiger partial charge < -0.3 is 15.4 Å². The van der Waals surface area contributed by atoms with E-state index in [0.29, 0.717) is 19.7 Å². The maximum Gasteiger partial charge on any atom is 0.250 e. The minimum absolute atomic E-state index is 0.0694. The van der Waals surface area contributed by atoms with Gasteiger partial charge in [-0.2, -0.15) is 0 Å². The Morgan fingerprint density at radius 3 is 3.31 bits per heavy atom. The van der Waals surface area contributed by atoms with Gasteiger partial charge in [0.25, 0.3) is 5.91 Å². The lowest BCUT2D eigenvalue weighted by Gasteiger charge is -2.22. The highest BCUT2D eigenvalue weighted by Gasteiger charge is 2.21. The number of nitrogens with one attached hydrogen (secondary N) is 2. The van der Waals surface area contributed by atoms with E-state index in [1.807, 2.05) is 13.1 Å². The molecular formula is C10H15N3O2S. The molecule has 16 heavy (non-hydrogen) atoms. The van der Waals surface area contributed by atoms with Gasteiger partial charge in [0.05, 0.1) is 13.2 Å². The SMILES string of the molecule is Cc1cnc(CNC(=O)C2CNCCO2)s1. The minimum Gasteiger partial charge on any atom is -0.366 e. The Morgan fingerprint density at radius 2 is 2.69 bits per heavy atom. The number of nitrogens with zero attached hydrogens (tertiary/aromatic N) is 1. The third-order valence-electron chi connectivity index (χ3n) is 2.30. The van der Waals surface area contributed by atoms with Crippen LogP contribution in [0.2, 0.25) is 0 Å². The lowest BCUT2D eigenvalue weighted by molar-refractivity contribution is -0.134. The first-order valence-electron chi connectivity index (χ1n) is 5.27. The van der Waals surface area contributed by atoms with Gasteiger partial charge in [0.15, 0.2) is 0 Å². The van der Waals surface area contributed by atoms with Crippen LogP contribution >= 0.6 is 11.3 Å². The Hall–Kier alpha value is -0.980. The quantitative estimate of drug-likeness (QED) is 0.785. The average molecular weight is 241 g/mol. The van der Waals surface area contributed by atoms with Crippen LogP contribution in [0.4, 0.5) is 0 Å². The molecule has 2 N–H and O–H groups in total. The summed E-state index contributed by atoms with van der Waals surface area (Å²) in [4.78, 5) is 17.0. The van der Waals surface area contributed by atoms with Gasteiger partial charge in [-0.1, -0.05) is 0 Å². The Kier molecular flexibility index (Phi) is 3.87. The topological polar surface area (TPSA) is 63.2 Å². The molecule has 2 heterocycles. The van der Waals surface area contributed by atoms with E-state index in [2.05, 4.69) is 15.6 Å². The van der Waals surface area contributed by atoms with Gasteiger partial charge in [-0.3, -0.25) is 4.79 Å². The highest BCUT2D eigenvalue weighted by atomic mass is 32.1. The number of carbonyl (C=O) groups excluding carboxylic acids is 1. The number of aromatic nitrogens is 1. The zero-order chi connectivity index (χ0) is 11.4. The molecule has 2 rings (SSSR count). The fourth-order valence-electron chi connectivity index (χ4n) is 1.49. The number of hydrogen-bond acceptors (Lipinski definition) is 5. The van der Waals surface area contributed by atoms with Crippen molar-refractivity contribution < 1.29 is 9.53 Å². The molecule has 5 nitrogen and oxygen atoms in total. The Labute approximate surface area is 98.2 Å². The first kappa shape index (κ1) is 11.5. The molecule has 1 amide bonds. The van der Waals surface area contributed by atoms with Crippen LogP contribution in [0, 0.1) is 6.92 Å². The lowest BCUT2D eigenvalue weighted by atomic mass is 10.3. The van der Waals surface area contributed by atoms with Crippen molar-refractivity contribution >= 4 is 17.2 Å². The molecule has 0 aromatic carbocycles. The number of morpholine rings is 1. The molecule has 88 valence electrons. The molecule has 0 aliphatic carbocycles. The average Bonchev–Trinajstić information content (AvgIpc) is 2.73. The molecule has 1 saturated heterocycles. The second-order valence-electron chi connectivity index (χ2n) is 3.65. The van der Waals surface area contributed by atoms with Crippen molar-refractivity contribution in [3.05, 3.63) is 16.1 Å². The number of hydrogen-bond donors (Lipinski definition) is 2. The molecule has 1 aromatic rings. The smallest absolute Gasteiger partial charge is 0.250 e. The van der Waals surface area contributed by atoms with Crippen molar-refractivity contribution in [2.24, 2.45) is 0 Å². The third-order valence-corrected chi connectivity index (χ3v) is 3.22. The summed E-state index contributed by atoms with van der Waals surface area (Å²) in [5.74, 6) is -0.0694. The Morgan fingerprint density at radius 1 is 1.81 bits per heavy atom. The van der Waals surface area contributed by atoms with Gasteiger partial charge in [-0.05, 0) is 6.92 Å². The molecule has 0 saturated carbocycles. The maximum absolute atomic E-state index is 11.7. The van der Waals surface area contributed by atoms with Crippen LogP contribution in [0.5, 0.6) is 0 Å². The molecule has 1 aromatic heterocycles. The zero-order valence-electron chi connectivity index (χ0n) is 9.16. The van der Waals surface area contributed by atoms with Gasteiger partial charge in [0.2, 0.25) is 0 Å². The minimum atomic E-state index is -0.366. The summed E-state index contributed by atoms with van der Waals surface area (Å²) in [5.41, 5.74) is 0. The third kappa shape index (κ3) is 3.01. The van der Waals surface area contributed by atoms with Crippen LogP contribution < -0.4 is 10.6 Å². The highest BCUT2D eigenvalue weighted by molar-refractivity contribution is 7.11. The molecule has 1 fully saturated rings. The number of ether oxygens (including phenoxy) is 1. The van der Waals surface area contributed by atoms with Crippen molar-refractivity contribution in [3.8, 4) is 0 Å². The van der Waals surface area contributed by atoms with Crippen molar-refractivity contribution in [1.29, 1.82) is 0 Å². The van der Waals surface area contributed by atoms with E-state index in [0.717, 1.165) is 16.4 Å². The number of carbonyl (C=O) groups is 1. The summed E-state index contributed by atoms with van der Waals surface area (Å²) in [6, 6.07) is 0. The van der Waals surface area contributed by atoms with Crippen molar-refractivity contribution in [3.63, 3.8) is 0 Å². The van der Waals surface area contributed by atoms with Crippen molar-refractivity contribution in [2.75, 3.05) is 19.7 Å². The summed E-state index contributed by atoms with van der Waals surface area (Å²) < 4.78 is 5.34. The second kappa shape index (κ2) is 5.38. The van der Waals surface area contributed by atoms with E-state index in [1.54, 1.807) is 11.3 Å². The molecule has 1 unspecified atom stereocenters. The number of amides is 1. The van der Waals surface area contributed by atoms with Crippen molar-refractivity contribution in [1.82, 2.24) is 15.6 Å². The van der Waals surface area contributed by atoms with Crippen LogP contribution in [-0.4, -0.2) is 36.7 Å². The van der Waals surface area contributed by atoms with E-state index in [1.165, 1.54) is 0 Å². The fourth-order valence-corrected chi connectivity index (χ4v) is 2.22. The summed E-state index contributed by atoms with van der Waals surface area (Å²) in [5, 5.41) is 6.87. The predicted molar refractivity (Wildman–Crippen MR) is 61.3 cm³/mol. The van der Waals surface area contributed by atoms with Gasteiger partial charge in [-0.25, -0.2) is 4.98 Å². The van der Waals surface area contributed by atoms with Crippen LogP contribution in [-0.2, 0) is 16.1 Å². The molecule has 0 spiro atoms. The highest BCUT2D eigenvalue weighted by Crippen LogP contribution is 2.10. The molecule has 1 aliphatic rings. The zero-order valence-corrected chi connectivity index (χ0v) is 9.97. The van der Waals surface area contributed by atoms with Gasteiger partial charge in [0.1, 0.15) is 11.1 Å². The molecule has 0 radical (unpaired) electrons. The summed E-state index contributed by atoms with van der Waals surface area (Å²) in [6.07, 6.45) is 1.44. The molecular weight excluding hydrogens is 226 g/mol. The normalized spacial score (nSPS) is 20.7. The Balaban J connectivity index is 1.78. The largest absolute Gasteiger partial charge is 0.366 e. The van der Waals surface area contributed by atoms with Crippen LogP contribution in [0.3, 0.4) is 0 Å². The van der Waals surface area contributed by atoms with E-state index in [-0.39, 0.29) is 12.0 Å². The van der Waals surface area contributed by atoms with E-state index >= 15 is 0 Å². The first-order valence-corrected chi connectivity index (χ1v) is 6.08. The first-order chi connectivity index (χ1) is 7.75. The van der Waals surface area contributed by atoms with Gasteiger partial charge >= 0.3 is 0 Å². The Bertz CT molecular complexity index is 361. The molecule has 1 aliphatic heterocycles. The summed E-state index contributed by atoms with van der Waals surface area (Å²) in [7, 11) is 0. The summed E-state index contributed by atoms with van der Waals surface area (Å²) in [6.45, 7) is 4.47. The van der Waals surface area contributed by atoms with E-state index in [9.17, 15) is 4.79 Å². The predicted octanol–water partition coefficient (Wildman–Crippen LogP) is 0.0561. The van der Waals surface area contributed by atoms with Crippen LogP contribution in [0.25, 0.3) is 0 Å². The van der Waals surface area contributed by atoms with Gasteiger partial charge in [0, 0.05) is 24.2 Å². The van der Waals surface area contributed by atoms with Crippen molar-refractivity contribution in [2.45, 2.75) is 19.6 Å². The fraction of sp³-hybridized carbons (Fsp3) is 0.600. The maximum atomic E-state index is 11.7. The van der Waals surface area contributed by atoms with Crippen LogP contribution in [0.15, 0.2) is 6.20 Å². The number of aryl methyl sites for hydroxylation is 1. The van der Waals surface area contributed by atoms with E-state index in [4.69, 9.17) is 4.74 Å². The standard InChI is InChI=1S/C10H15N3O2S/c1-7-4-12-9(16-7)6-13-10(14)8-5-11-2-3-15-8/h4,8,11H,2-3,5-6H2,1H3,(H,13,14). The number of rotatable bonds is 3. The van der Waals surface area contributed by atoms with Crippen LogP contribution in [0.1, 0.15) is 9.88 Å². The van der Waals surface area contributed by atoms with Gasteiger partial charge in [-0.15, -0.1) is 11.3 Å². The van der Waals surface area contributed by atoms with E-state index < -0.39 is 0 Å².